The van der Waals surface area contributed by atoms with E-state index in [4.69, 9.17) is 4.74 Å². The van der Waals surface area contributed by atoms with Crippen molar-refractivity contribution in [2.24, 2.45) is 5.92 Å². The van der Waals surface area contributed by atoms with E-state index < -0.39 is 5.92 Å². The fraction of sp³-hybridized carbons (Fsp3) is 0.188. The lowest BCUT2D eigenvalue weighted by atomic mass is 9.96. The summed E-state index contributed by atoms with van der Waals surface area (Å²) in [6.45, 7) is 0.251. The molecule has 3 heterocycles. The molecule has 0 spiro atoms. The van der Waals surface area contributed by atoms with Crippen molar-refractivity contribution in [1.29, 1.82) is 0 Å². The number of anilines is 1. The molecule has 2 aromatic heterocycles. The average molecular weight is 312 g/mol. The minimum Gasteiger partial charge on any atom is -0.492 e. The standard InChI is InChI=1S/C16H13FN4O2/c17-12-4-5-13-10(8-12)7-11(9-23-13)15(22)18-16-20-19-14-3-1-2-6-21(14)16/h1-6,8,11H,7,9H2,(H,18,20,22). The Morgan fingerprint density at radius 3 is 3.13 bits per heavy atom. The summed E-state index contributed by atoms with van der Waals surface area (Å²) in [6.07, 6.45) is 2.20. The third-order valence-electron chi connectivity index (χ3n) is 3.85. The zero-order valence-corrected chi connectivity index (χ0v) is 12.1. The number of nitrogens with zero attached hydrogens (tertiary/aromatic N) is 3. The van der Waals surface area contributed by atoms with Gasteiger partial charge in [0.2, 0.25) is 11.9 Å². The van der Waals surface area contributed by atoms with E-state index in [1.165, 1.54) is 12.1 Å². The summed E-state index contributed by atoms with van der Waals surface area (Å²) in [6, 6.07) is 9.81. The van der Waals surface area contributed by atoms with Crippen LogP contribution in [0, 0.1) is 11.7 Å². The van der Waals surface area contributed by atoms with Crippen molar-refractivity contribution in [3.63, 3.8) is 0 Å². The topological polar surface area (TPSA) is 68.5 Å². The van der Waals surface area contributed by atoms with Crippen LogP contribution >= 0.6 is 0 Å². The van der Waals surface area contributed by atoms with Gasteiger partial charge >= 0.3 is 0 Å². The summed E-state index contributed by atoms with van der Waals surface area (Å²) in [5, 5.41) is 10.7. The van der Waals surface area contributed by atoms with Crippen LogP contribution in [-0.2, 0) is 11.2 Å². The second-order valence-corrected chi connectivity index (χ2v) is 5.41. The molecule has 116 valence electrons. The Morgan fingerprint density at radius 2 is 2.22 bits per heavy atom. The van der Waals surface area contributed by atoms with Gasteiger partial charge in [-0.15, -0.1) is 10.2 Å². The molecule has 0 fully saturated rings. The van der Waals surface area contributed by atoms with Gasteiger partial charge in [-0.25, -0.2) is 4.39 Å². The van der Waals surface area contributed by atoms with Crippen molar-refractivity contribution in [1.82, 2.24) is 14.6 Å². The maximum Gasteiger partial charge on any atom is 0.235 e. The number of hydrogen-bond donors (Lipinski definition) is 1. The maximum absolute atomic E-state index is 13.3. The summed E-state index contributed by atoms with van der Waals surface area (Å²) in [7, 11) is 0. The largest absolute Gasteiger partial charge is 0.492 e. The van der Waals surface area contributed by atoms with Crippen molar-refractivity contribution in [2.45, 2.75) is 6.42 Å². The Balaban J connectivity index is 1.54. The van der Waals surface area contributed by atoms with Gasteiger partial charge in [-0.1, -0.05) is 6.07 Å². The molecule has 3 aromatic rings. The van der Waals surface area contributed by atoms with Gasteiger partial charge in [0.15, 0.2) is 5.65 Å². The molecule has 0 saturated carbocycles. The molecule has 0 saturated heterocycles. The van der Waals surface area contributed by atoms with E-state index in [0.29, 0.717) is 29.3 Å². The number of aromatic nitrogens is 3. The Morgan fingerprint density at radius 1 is 1.30 bits per heavy atom. The van der Waals surface area contributed by atoms with E-state index in [-0.39, 0.29) is 18.3 Å². The third kappa shape index (κ3) is 2.50. The van der Waals surface area contributed by atoms with Crippen LogP contribution in [0.4, 0.5) is 10.3 Å². The Bertz CT molecular complexity index is 893. The number of pyridine rings is 1. The highest BCUT2D eigenvalue weighted by Crippen LogP contribution is 2.28. The lowest BCUT2D eigenvalue weighted by Crippen LogP contribution is -2.33. The number of rotatable bonds is 2. The number of carbonyl (C=O) groups is 1. The van der Waals surface area contributed by atoms with Crippen LogP contribution < -0.4 is 10.1 Å². The highest BCUT2D eigenvalue weighted by atomic mass is 19.1. The van der Waals surface area contributed by atoms with Crippen LogP contribution in [0.2, 0.25) is 0 Å². The minimum atomic E-state index is -0.402. The fourth-order valence-electron chi connectivity index (χ4n) is 2.67. The monoisotopic (exact) mass is 312 g/mol. The summed E-state index contributed by atoms with van der Waals surface area (Å²) in [4.78, 5) is 12.4. The molecule has 4 rings (SSSR count). The molecule has 1 aromatic carbocycles. The molecule has 1 aliphatic heterocycles. The highest BCUT2D eigenvalue weighted by Gasteiger charge is 2.27. The van der Waals surface area contributed by atoms with Crippen molar-refractivity contribution >= 4 is 17.5 Å². The first-order valence-electron chi connectivity index (χ1n) is 7.22. The van der Waals surface area contributed by atoms with Crippen LogP contribution in [0.5, 0.6) is 5.75 Å². The van der Waals surface area contributed by atoms with Crippen LogP contribution in [0.25, 0.3) is 5.65 Å². The molecule has 1 amide bonds. The number of fused-ring (bicyclic) bond motifs is 2. The molecule has 23 heavy (non-hydrogen) atoms. The molecule has 7 heteroatoms. The van der Waals surface area contributed by atoms with E-state index in [9.17, 15) is 9.18 Å². The van der Waals surface area contributed by atoms with Crippen molar-refractivity contribution in [3.8, 4) is 5.75 Å². The molecule has 1 aliphatic rings. The summed E-state index contributed by atoms with van der Waals surface area (Å²) in [5.41, 5.74) is 1.35. The van der Waals surface area contributed by atoms with Crippen LogP contribution in [0.1, 0.15) is 5.56 Å². The number of halogens is 1. The van der Waals surface area contributed by atoms with Gasteiger partial charge < -0.3 is 4.74 Å². The van der Waals surface area contributed by atoms with E-state index >= 15 is 0 Å². The van der Waals surface area contributed by atoms with Crippen LogP contribution in [0.15, 0.2) is 42.6 Å². The fourth-order valence-corrected chi connectivity index (χ4v) is 2.67. The van der Waals surface area contributed by atoms with Gasteiger partial charge in [-0.3, -0.25) is 14.5 Å². The van der Waals surface area contributed by atoms with Crippen molar-refractivity contribution < 1.29 is 13.9 Å². The van der Waals surface area contributed by atoms with Gasteiger partial charge in [0.1, 0.15) is 18.2 Å². The highest BCUT2D eigenvalue weighted by molar-refractivity contribution is 5.91. The molecule has 6 nitrogen and oxygen atoms in total. The van der Waals surface area contributed by atoms with Gasteiger partial charge in [-0.2, -0.15) is 0 Å². The molecule has 1 N–H and O–H groups in total. The zero-order chi connectivity index (χ0) is 15.8. The van der Waals surface area contributed by atoms with Gasteiger partial charge in [0.05, 0.1) is 5.92 Å². The summed E-state index contributed by atoms with van der Waals surface area (Å²) in [5.74, 6) is 0.0225. The smallest absolute Gasteiger partial charge is 0.235 e. The zero-order valence-electron chi connectivity index (χ0n) is 12.1. The first kappa shape index (κ1) is 13.7. The van der Waals surface area contributed by atoms with E-state index in [0.717, 1.165) is 0 Å². The van der Waals surface area contributed by atoms with E-state index in [2.05, 4.69) is 15.5 Å². The van der Waals surface area contributed by atoms with Crippen molar-refractivity contribution in [2.75, 3.05) is 11.9 Å². The second-order valence-electron chi connectivity index (χ2n) is 5.41. The maximum atomic E-state index is 13.3. The number of nitrogens with one attached hydrogen (secondary N) is 1. The second kappa shape index (κ2) is 5.35. The van der Waals surface area contributed by atoms with Gasteiger partial charge in [-0.05, 0) is 42.3 Å². The number of carbonyl (C=O) groups excluding carboxylic acids is 1. The Kier molecular flexibility index (Phi) is 3.18. The SMILES string of the molecule is O=C(Nc1nnc2ccccn12)C1COc2ccc(F)cc2C1. The van der Waals surface area contributed by atoms with E-state index in [1.807, 2.05) is 12.1 Å². The van der Waals surface area contributed by atoms with E-state index in [1.54, 1.807) is 22.7 Å². The molecular weight excluding hydrogens is 299 g/mol. The first-order chi connectivity index (χ1) is 11.2. The Labute approximate surface area is 130 Å². The normalized spacial score (nSPS) is 16.7. The number of hydrogen-bond acceptors (Lipinski definition) is 4. The number of ether oxygens (including phenoxy) is 1. The number of benzene rings is 1. The third-order valence-corrected chi connectivity index (χ3v) is 3.85. The number of amides is 1. The van der Waals surface area contributed by atoms with Gasteiger partial charge in [0.25, 0.3) is 0 Å². The average Bonchev–Trinajstić information content (AvgIpc) is 2.97. The molecule has 1 unspecified atom stereocenters. The summed E-state index contributed by atoms with van der Waals surface area (Å²) < 4.78 is 20.6. The summed E-state index contributed by atoms with van der Waals surface area (Å²) >= 11 is 0. The molecule has 1 atom stereocenters. The quantitative estimate of drug-likeness (QED) is 0.786. The predicted molar refractivity (Wildman–Crippen MR) is 80.7 cm³/mol. The predicted octanol–water partition coefficient (Wildman–Crippen LogP) is 2.06. The molecule has 0 aliphatic carbocycles. The molecule has 0 radical (unpaired) electrons. The minimum absolute atomic E-state index is 0.224. The Hall–Kier alpha value is -2.96. The lowest BCUT2D eigenvalue weighted by Gasteiger charge is -2.24. The van der Waals surface area contributed by atoms with Crippen molar-refractivity contribution in [3.05, 3.63) is 54.0 Å². The van der Waals surface area contributed by atoms with Crippen LogP contribution in [0.3, 0.4) is 0 Å². The molecular formula is C16H13FN4O2. The molecule has 0 bridgehead atoms. The van der Waals surface area contributed by atoms with Crippen LogP contribution in [-0.4, -0.2) is 27.1 Å². The lowest BCUT2D eigenvalue weighted by molar-refractivity contribution is -0.121. The van der Waals surface area contributed by atoms with Gasteiger partial charge in [0, 0.05) is 6.20 Å². The first-order valence-corrected chi connectivity index (χ1v) is 7.22.